The van der Waals surface area contributed by atoms with E-state index in [9.17, 15) is 0 Å². The molecule has 1 heterocycles. The van der Waals surface area contributed by atoms with Gasteiger partial charge in [0.25, 0.3) is 0 Å². The van der Waals surface area contributed by atoms with Crippen molar-refractivity contribution >= 4 is 17.4 Å². The van der Waals surface area contributed by atoms with Gasteiger partial charge in [-0.3, -0.25) is 0 Å². The first-order valence-corrected chi connectivity index (χ1v) is 5.96. The van der Waals surface area contributed by atoms with Crippen molar-refractivity contribution in [1.82, 2.24) is 20.2 Å². The number of rotatable bonds is 3. The lowest BCUT2D eigenvalue weighted by Gasteiger charge is -2.02. The lowest BCUT2D eigenvalue weighted by atomic mass is 10.3. The number of aromatic nitrogens is 4. The lowest BCUT2D eigenvalue weighted by molar-refractivity contribution is 0.565. The Morgan fingerprint density at radius 3 is 2.69 bits per heavy atom. The molecule has 1 saturated carbocycles. The van der Waals surface area contributed by atoms with Gasteiger partial charge in [0.05, 0.1) is 6.04 Å². The summed E-state index contributed by atoms with van der Waals surface area (Å²) in [7, 11) is 0. The van der Waals surface area contributed by atoms with E-state index >= 15 is 0 Å². The highest BCUT2D eigenvalue weighted by molar-refractivity contribution is 7.99. The molecular weight excluding hydrogens is 222 g/mol. The molecule has 0 saturated heterocycles. The van der Waals surface area contributed by atoms with Gasteiger partial charge in [0.1, 0.15) is 0 Å². The monoisotopic (exact) mass is 233 g/mol. The van der Waals surface area contributed by atoms with Crippen LogP contribution in [0, 0.1) is 0 Å². The predicted molar refractivity (Wildman–Crippen MR) is 61.1 cm³/mol. The minimum absolute atomic E-state index is 0.506. The molecule has 1 aliphatic rings. The summed E-state index contributed by atoms with van der Waals surface area (Å²) in [5.41, 5.74) is 6.40. The molecule has 82 valence electrons. The fourth-order valence-electron chi connectivity index (χ4n) is 1.44. The van der Waals surface area contributed by atoms with Crippen molar-refractivity contribution in [2.24, 2.45) is 0 Å². The van der Waals surface area contributed by atoms with Gasteiger partial charge in [-0.15, -0.1) is 5.10 Å². The summed E-state index contributed by atoms with van der Waals surface area (Å²) in [4.78, 5) is 1.10. The van der Waals surface area contributed by atoms with Crippen LogP contribution < -0.4 is 5.73 Å². The first-order chi connectivity index (χ1) is 7.83. The predicted octanol–water partition coefficient (Wildman–Crippen LogP) is 1.74. The molecule has 0 radical (unpaired) electrons. The molecule has 2 N–H and O–H groups in total. The maximum absolute atomic E-state index is 5.63. The molecule has 6 heteroatoms. The van der Waals surface area contributed by atoms with E-state index in [0.29, 0.717) is 6.04 Å². The van der Waals surface area contributed by atoms with Crippen molar-refractivity contribution in [3.8, 4) is 0 Å². The molecule has 0 bridgehead atoms. The Morgan fingerprint density at radius 1 is 1.25 bits per heavy atom. The number of nitrogen functional groups attached to an aromatic ring is 1. The van der Waals surface area contributed by atoms with Crippen LogP contribution >= 0.6 is 11.8 Å². The van der Waals surface area contributed by atoms with Crippen LogP contribution in [0.3, 0.4) is 0 Å². The number of nitrogens with two attached hydrogens (primary N) is 1. The molecule has 0 aliphatic heterocycles. The van der Waals surface area contributed by atoms with Crippen molar-refractivity contribution in [2.75, 3.05) is 5.73 Å². The zero-order valence-electron chi connectivity index (χ0n) is 8.58. The van der Waals surface area contributed by atoms with Gasteiger partial charge in [0, 0.05) is 10.6 Å². The van der Waals surface area contributed by atoms with E-state index in [0.717, 1.165) is 15.7 Å². The normalized spacial score (nSPS) is 15.2. The second-order valence-electron chi connectivity index (χ2n) is 3.81. The topological polar surface area (TPSA) is 69.6 Å². The zero-order valence-corrected chi connectivity index (χ0v) is 9.39. The van der Waals surface area contributed by atoms with Crippen LogP contribution in [0.25, 0.3) is 0 Å². The molecule has 0 atom stereocenters. The quantitative estimate of drug-likeness (QED) is 0.818. The molecule has 0 unspecified atom stereocenters. The summed E-state index contributed by atoms with van der Waals surface area (Å²) < 4.78 is 1.90. The average molecular weight is 233 g/mol. The van der Waals surface area contributed by atoms with E-state index in [1.807, 2.05) is 28.9 Å². The Kier molecular flexibility index (Phi) is 2.28. The first-order valence-electron chi connectivity index (χ1n) is 5.14. The summed E-state index contributed by atoms with van der Waals surface area (Å²) in [5, 5.41) is 12.6. The first kappa shape index (κ1) is 9.65. The van der Waals surface area contributed by atoms with Gasteiger partial charge >= 0.3 is 0 Å². The zero-order chi connectivity index (χ0) is 11.0. The Morgan fingerprint density at radius 2 is 2.00 bits per heavy atom. The van der Waals surface area contributed by atoms with Crippen molar-refractivity contribution < 1.29 is 0 Å². The third-order valence-corrected chi connectivity index (χ3v) is 3.40. The van der Waals surface area contributed by atoms with Crippen molar-refractivity contribution in [3.05, 3.63) is 24.3 Å². The van der Waals surface area contributed by atoms with Gasteiger partial charge in [-0.1, -0.05) is 0 Å². The summed E-state index contributed by atoms with van der Waals surface area (Å²) in [6.07, 6.45) is 2.36. The van der Waals surface area contributed by atoms with Gasteiger partial charge < -0.3 is 5.73 Å². The Bertz CT molecular complexity index is 488. The average Bonchev–Trinajstić information content (AvgIpc) is 3.03. The number of hydrogen-bond donors (Lipinski definition) is 1. The molecule has 5 nitrogen and oxygen atoms in total. The molecule has 1 aliphatic carbocycles. The summed E-state index contributed by atoms with van der Waals surface area (Å²) >= 11 is 1.57. The highest BCUT2D eigenvalue weighted by Crippen LogP contribution is 2.37. The van der Waals surface area contributed by atoms with Crippen molar-refractivity contribution in [2.45, 2.75) is 28.9 Å². The third-order valence-electron chi connectivity index (χ3n) is 2.44. The van der Waals surface area contributed by atoms with Gasteiger partial charge in [-0.05, 0) is 59.3 Å². The summed E-state index contributed by atoms with van der Waals surface area (Å²) in [5.74, 6) is 0. The molecule has 3 rings (SSSR count). The molecule has 0 spiro atoms. The van der Waals surface area contributed by atoms with Gasteiger partial charge in [-0.2, -0.15) is 0 Å². The van der Waals surface area contributed by atoms with E-state index < -0.39 is 0 Å². The summed E-state index contributed by atoms with van der Waals surface area (Å²) in [6.45, 7) is 0. The smallest absolute Gasteiger partial charge is 0.214 e. The number of benzene rings is 1. The largest absolute Gasteiger partial charge is 0.399 e. The van der Waals surface area contributed by atoms with Crippen molar-refractivity contribution in [1.29, 1.82) is 0 Å². The van der Waals surface area contributed by atoms with E-state index in [-0.39, 0.29) is 0 Å². The fourth-order valence-corrected chi connectivity index (χ4v) is 2.28. The highest BCUT2D eigenvalue weighted by Gasteiger charge is 2.27. The van der Waals surface area contributed by atoms with E-state index in [2.05, 4.69) is 15.5 Å². The highest BCUT2D eigenvalue weighted by atomic mass is 32.2. The lowest BCUT2D eigenvalue weighted by Crippen LogP contribution is -1.98. The Labute approximate surface area is 97.0 Å². The van der Waals surface area contributed by atoms with E-state index in [4.69, 9.17) is 5.73 Å². The van der Waals surface area contributed by atoms with Crippen LogP contribution in [0.2, 0.25) is 0 Å². The van der Waals surface area contributed by atoms with Crippen LogP contribution in [0.5, 0.6) is 0 Å². The van der Waals surface area contributed by atoms with Crippen LogP contribution in [-0.4, -0.2) is 20.2 Å². The minimum atomic E-state index is 0.506. The van der Waals surface area contributed by atoms with E-state index in [1.165, 1.54) is 12.8 Å². The standard InChI is InChI=1S/C10H11N5S/c11-7-1-5-9(6-2-7)16-10-12-13-14-15(10)8-3-4-8/h1-2,5-6,8H,3-4,11H2. The molecule has 1 fully saturated rings. The summed E-state index contributed by atoms with van der Waals surface area (Å²) in [6, 6.07) is 8.23. The van der Waals surface area contributed by atoms with E-state index in [1.54, 1.807) is 11.8 Å². The van der Waals surface area contributed by atoms with Crippen molar-refractivity contribution in [3.63, 3.8) is 0 Å². The number of anilines is 1. The molecule has 2 aromatic rings. The number of nitrogens with zero attached hydrogens (tertiary/aromatic N) is 4. The Hall–Kier alpha value is -1.56. The second-order valence-corrected chi connectivity index (χ2v) is 4.85. The third kappa shape index (κ3) is 1.88. The Balaban J connectivity index is 1.82. The molecule has 1 aromatic carbocycles. The SMILES string of the molecule is Nc1ccc(Sc2nnnn2C2CC2)cc1. The molecule has 0 amide bonds. The van der Waals surface area contributed by atoms with Gasteiger partial charge in [-0.25, -0.2) is 4.68 Å². The number of hydrogen-bond acceptors (Lipinski definition) is 5. The molecule has 16 heavy (non-hydrogen) atoms. The second kappa shape index (κ2) is 3.79. The van der Waals surface area contributed by atoms with Crippen LogP contribution in [0.1, 0.15) is 18.9 Å². The fraction of sp³-hybridized carbons (Fsp3) is 0.300. The molecular formula is C10H11N5S. The minimum Gasteiger partial charge on any atom is -0.399 e. The van der Waals surface area contributed by atoms with Gasteiger partial charge in [0.2, 0.25) is 5.16 Å². The van der Waals surface area contributed by atoms with Crippen LogP contribution in [0.15, 0.2) is 34.3 Å². The van der Waals surface area contributed by atoms with Crippen LogP contribution in [-0.2, 0) is 0 Å². The van der Waals surface area contributed by atoms with Gasteiger partial charge in [0.15, 0.2) is 0 Å². The molecule has 1 aromatic heterocycles. The number of tetrazole rings is 1. The van der Waals surface area contributed by atoms with Crippen LogP contribution in [0.4, 0.5) is 5.69 Å². The maximum atomic E-state index is 5.63. The maximum Gasteiger partial charge on any atom is 0.214 e.